The molecule has 1 saturated heterocycles. The lowest BCUT2D eigenvalue weighted by atomic mass is 9.96. The average Bonchev–Trinajstić information content (AvgIpc) is 2.46. The molecule has 1 heterocycles. The Morgan fingerprint density at radius 1 is 1.44 bits per heavy atom. The minimum absolute atomic E-state index is 0.336. The molecule has 1 aliphatic rings. The first kappa shape index (κ1) is 13.4. The van der Waals surface area contributed by atoms with Crippen LogP contribution < -0.4 is 10.1 Å². The van der Waals surface area contributed by atoms with Gasteiger partial charge in [0, 0.05) is 12.6 Å². The third-order valence-corrected chi connectivity index (χ3v) is 3.62. The minimum atomic E-state index is 0.336. The summed E-state index contributed by atoms with van der Waals surface area (Å²) in [5, 5.41) is 3.38. The molecule has 0 aliphatic carbocycles. The molecule has 18 heavy (non-hydrogen) atoms. The van der Waals surface area contributed by atoms with Gasteiger partial charge in [0.2, 0.25) is 0 Å². The Bertz CT molecular complexity index is 361. The molecule has 2 unspecified atom stereocenters. The van der Waals surface area contributed by atoms with E-state index in [0.717, 1.165) is 18.8 Å². The van der Waals surface area contributed by atoms with Crippen LogP contribution in [0.2, 0.25) is 0 Å². The first-order chi connectivity index (χ1) is 8.83. The lowest BCUT2D eigenvalue weighted by molar-refractivity contribution is 0.00547. The normalized spacial score (nSPS) is 21.6. The molecular weight excluding hydrogens is 226 g/mol. The van der Waals surface area contributed by atoms with Crippen molar-refractivity contribution in [1.29, 1.82) is 0 Å². The van der Waals surface area contributed by atoms with Crippen molar-refractivity contribution in [1.82, 2.24) is 5.32 Å². The molecule has 0 bridgehead atoms. The van der Waals surface area contributed by atoms with Crippen LogP contribution in [0.15, 0.2) is 24.3 Å². The zero-order chi connectivity index (χ0) is 12.8. The fourth-order valence-corrected chi connectivity index (χ4v) is 2.54. The summed E-state index contributed by atoms with van der Waals surface area (Å²) in [6.45, 7) is 0.916. The SMILES string of the molecule is CNC(CC1CCCCO1)c1cccc(OC)c1. The van der Waals surface area contributed by atoms with Crippen molar-refractivity contribution in [3.8, 4) is 5.75 Å². The lowest BCUT2D eigenvalue weighted by Crippen LogP contribution is -2.26. The highest BCUT2D eigenvalue weighted by atomic mass is 16.5. The van der Waals surface area contributed by atoms with Crippen LogP contribution in [-0.2, 0) is 4.74 Å². The maximum absolute atomic E-state index is 5.82. The van der Waals surface area contributed by atoms with E-state index in [9.17, 15) is 0 Å². The fourth-order valence-electron chi connectivity index (χ4n) is 2.54. The van der Waals surface area contributed by atoms with E-state index in [-0.39, 0.29) is 0 Å². The van der Waals surface area contributed by atoms with E-state index in [4.69, 9.17) is 9.47 Å². The second-order valence-corrected chi connectivity index (χ2v) is 4.84. The molecule has 0 amide bonds. The van der Waals surface area contributed by atoms with Gasteiger partial charge in [-0.25, -0.2) is 0 Å². The third kappa shape index (κ3) is 3.47. The van der Waals surface area contributed by atoms with E-state index in [1.807, 2.05) is 19.2 Å². The monoisotopic (exact) mass is 249 g/mol. The van der Waals surface area contributed by atoms with Crippen LogP contribution in [0, 0.1) is 0 Å². The summed E-state index contributed by atoms with van der Waals surface area (Å²) < 4.78 is 11.1. The molecule has 3 heteroatoms. The van der Waals surface area contributed by atoms with Crippen molar-refractivity contribution in [2.45, 2.75) is 37.8 Å². The number of hydrogen-bond donors (Lipinski definition) is 1. The van der Waals surface area contributed by atoms with Gasteiger partial charge in [0.25, 0.3) is 0 Å². The van der Waals surface area contributed by atoms with E-state index >= 15 is 0 Å². The largest absolute Gasteiger partial charge is 0.497 e. The minimum Gasteiger partial charge on any atom is -0.497 e. The van der Waals surface area contributed by atoms with Crippen LogP contribution >= 0.6 is 0 Å². The molecule has 1 aromatic rings. The van der Waals surface area contributed by atoms with Crippen LogP contribution in [0.4, 0.5) is 0 Å². The van der Waals surface area contributed by atoms with Crippen molar-refractivity contribution in [2.24, 2.45) is 0 Å². The Kier molecular flexibility index (Phi) is 5.02. The van der Waals surface area contributed by atoms with E-state index in [1.165, 1.54) is 24.8 Å². The van der Waals surface area contributed by atoms with Gasteiger partial charge >= 0.3 is 0 Å². The number of ether oxygens (including phenoxy) is 2. The predicted molar refractivity (Wildman–Crippen MR) is 73.0 cm³/mol. The molecule has 0 aromatic heterocycles. The maximum atomic E-state index is 5.82. The van der Waals surface area contributed by atoms with Gasteiger partial charge in [-0.15, -0.1) is 0 Å². The molecule has 3 nitrogen and oxygen atoms in total. The fraction of sp³-hybridized carbons (Fsp3) is 0.600. The molecule has 1 fully saturated rings. The molecule has 2 rings (SSSR count). The highest BCUT2D eigenvalue weighted by molar-refractivity contribution is 5.30. The van der Waals surface area contributed by atoms with E-state index in [2.05, 4.69) is 17.4 Å². The van der Waals surface area contributed by atoms with Crippen LogP contribution in [-0.4, -0.2) is 26.9 Å². The Morgan fingerprint density at radius 2 is 2.33 bits per heavy atom. The van der Waals surface area contributed by atoms with Crippen LogP contribution in [0.25, 0.3) is 0 Å². The standard InChI is InChI=1S/C15H23NO2/c1-16-15(11-14-7-3-4-9-18-14)12-6-5-8-13(10-12)17-2/h5-6,8,10,14-16H,3-4,7,9,11H2,1-2H3. The third-order valence-electron chi connectivity index (χ3n) is 3.62. The van der Waals surface area contributed by atoms with E-state index < -0.39 is 0 Å². The van der Waals surface area contributed by atoms with Crippen LogP contribution in [0.5, 0.6) is 5.75 Å². The number of benzene rings is 1. The summed E-state index contributed by atoms with van der Waals surface area (Å²) in [4.78, 5) is 0. The van der Waals surface area contributed by atoms with E-state index in [0.29, 0.717) is 12.1 Å². The Labute approximate surface area is 109 Å². The molecule has 0 radical (unpaired) electrons. The van der Waals surface area contributed by atoms with E-state index in [1.54, 1.807) is 7.11 Å². The number of methoxy groups -OCH3 is 1. The Morgan fingerprint density at radius 3 is 3.00 bits per heavy atom. The summed E-state index contributed by atoms with van der Waals surface area (Å²) in [5.41, 5.74) is 1.27. The summed E-state index contributed by atoms with van der Waals surface area (Å²) >= 11 is 0. The van der Waals surface area contributed by atoms with Gasteiger partial charge in [-0.05, 0) is 50.4 Å². The smallest absolute Gasteiger partial charge is 0.119 e. The van der Waals surface area contributed by atoms with Gasteiger partial charge < -0.3 is 14.8 Å². The van der Waals surface area contributed by atoms with Crippen molar-refractivity contribution in [3.05, 3.63) is 29.8 Å². The Hall–Kier alpha value is -1.06. The van der Waals surface area contributed by atoms with Gasteiger partial charge in [-0.2, -0.15) is 0 Å². The summed E-state index contributed by atoms with van der Waals surface area (Å²) in [6.07, 6.45) is 5.10. The second kappa shape index (κ2) is 6.76. The number of nitrogens with one attached hydrogen (secondary N) is 1. The van der Waals surface area contributed by atoms with Crippen molar-refractivity contribution < 1.29 is 9.47 Å². The maximum Gasteiger partial charge on any atom is 0.119 e. The van der Waals surface area contributed by atoms with Gasteiger partial charge in [-0.3, -0.25) is 0 Å². The average molecular weight is 249 g/mol. The molecule has 1 N–H and O–H groups in total. The molecule has 1 aliphatic heterocycles. The highest BCUT2D eigenvalue weighted by Gasteiger charge is 2.19. The van der Waals surface area contributed by atoms with Gasteiger partial charge in [-0.1, -0.05) is 12.1 Å². The van der Waals surface area contributed by atoms with Gasteiger partial charge in [0.05, 0.1) is 13.2 Å². The number of hydrogen-bond acceptors (Lipinski definition) is 3. The van der Waals surface area contributed by atoms with Crippen LogP contribution in [0.1, 0.15) is 37.3 Å². The van der Waals surface area contributed by atoms with Crippen LogP contribution in [0.3, 0.4) is 0 Å². The molecule has 0 saturated carbocycles. The predicted octanol–water partition coefficient (Wildman–Crippen LogP) is 2.91. The summed E-state index contributed by atoms with van der Waals surface area (Å²) in [6, 6.07) is 8.60. The van der Waals surface area contributed by atoms with Crippen molar-refractivity contribution >= 4 is 0 Å². The highest BCUT2D eigenvalue weighted by Crippen LogP contribution is 2.26. The zero-order valence-electron chi connectivity index (χ0n) is 11.3. The lowest BCUT2D eigenvalue weighted by Gasteiger charge is -2.27. The topological polar surface area (TPSA) is 30.5 Å². The number of rotatable bonds is 5. The Balaban J connectivity index is 2.02. The molecule has 2 atom stereocenters. The molecule has 100 valence electrons. The quantitative estimate of drug-likeness (QED) is 0.870. The molecule has 1 aromatic carbocycles. The van der Waals surface area contributed by atoms with Crippen molar-refractivity contribution in [3.63, 3.8) is 0 Å². The molecule has 0 spiro atoms. The summed E-state index contributed by atoms with van der Waals surface area (Å²) in [5.74, 6) is 0.914. The van der Waals surface area contributed by atoms with Gasteiger partial charge in [0.15, 0.2) is 0 Å². The zero-order valence-corrected chi connectivity index (χ0v) is 11.3. The molecular formula is C15H23NO2. The first-order valence-corrected chi connectivity index (χ1v) is 6.76. The van der Waals surface area contributed by atoms with Gasteiger partial charge in [0.1, 0.15) is 5.75 Å². The first-order valence-electron chi connectivity index (χ1n) is 6.76. The van der Waals surface area contributed by atoms with Crippen molar-refractivity contribution in [2.75, 3.05) is 20.8 Å². The second-order valence-electron chi connectivity index (χ2n) is 4.84. The summed E-state index contributed by atoms with van der Waals surface area (Å²) in [7, 11) is 3.71.